The number of rotatable bonds is 5. The molecule has 2 aromatic heterocycles. The van der Waals surface area contributed by atoms with Gasteiger partial charge in [0.1, 0.15) is 0 Å². The number of hydrogen-bond acceptors (Lipinski definition) is 3. The maximum Gasteiger partial charge on any atom is 0.317 e. The fraction of sp³-hybridized carbons (Fsp3) is 0.450. The van der Waals surface area contributed by atoms with Gasteiger partial charge in [0.2, 0.25) is 0 Å². The SMILES string of the molecule is Cc1cccc(CNC(=O)N2CCCCC2CCc2ccccn2)n1. The Hall–Kier alpha value is -2.43. The summed E-state index contributed by atoms with van der Waals surface area (Å²) in [7, 11) is 0. The summed E-state index contributed by atoms with van der Waals surface area (Å²) in [5.74, 6) is 0. The number of carbonyl (C=O) groups is 1. The van der Waals surface area contributed by atoms with Crippen molar-refractivity contribution < 1.29 is 4.79 Å². The molecule has 0 bridgehead atoms. The summed E-state index contributed by atoms with van der Waals surface area (Å²) in [5.41, 5.74) is 2.96. The lowest BCUT2D eigenvalue weighted by Gasteiger charge is -2.35. The van der Waals surface area contributed by atoms with Crippen LogP contribution in [0.3, 0.4) is 0 Å². The third-order valence-corrected chi connectivity index (χ3v) is 4.71. The van der Waals surface area contributed by atoms with E-state index in [9.17, 15) is 4.79 Å². The zero-order chi connectivity index (χ0) is 17.5. The molecule has 1 saturated heterocycles. The highest BCUT2D eigenvalue weighted by Gasteiger charge is 2.26. The van der Waals surface area contributed by atoms with Crippen LogP contribution in [-0.4, -0.2) is 33.5 Å². The van der Waals surface area contributed by atoms with E-state index >= 15 is 0 Å². The van der Waals surface area contributed by atoms with Gasteiger partial charge in [-0.1, -0.05) is 12.1 Å². The number of likely N-dealkylation sites (tertiary alicyclic amines) is 1. The van der Waals surface area contributed by atoms with Crippen molar-refractivity contribution in [2.75, 3.05) is 6.54 Å². The molecule has 2 amide bonds. The maximum atomic E-state index is 12.6. The predicted molar refractivity (Wildman–Crippen MR) is 98.1 cm³/mol. The molecule has 1 fully saturated rings. The van der Waals surface area contributed by atoms with Crippen molar-refractivity contribution in [3.05, 3.63) is 59.7 Å². The number of aryl methyl sites for hydroxylation is 2. The molecule has 3 rings (SSSR count). The second-order valence-corrected chi connectivity index (χ2v) is 6.63. The zero-order valence-electron chi connectivity index (χ0n) is 14.8. The summed E-state index contributed by atoms with van der Waals surface area (Å²) in [4.78, 5) is 23.5. The van der Waals surface area contributed by atoms with Crippen LogP contribution in [0.1, 0.15) is 42.8 Å². The first-order valence-electron chi connectivity index (χ1n) is 9.09. The van der Waals surface area contributed by atoms with Crippen molar-refractivity contribution in [3.8, 4) is 0 Å². The van der Waals surface area contributed by atoms with Crippen molar-refractivity contribution in [2.24, 2.45) is 0 Å². The van der Waals surface area contributed by atoms with Gasteiger partial charge in [-0.25, -0.2) is 4.79 Å². The van der Waals surface area contributed by atoms with Crippen LogP contribution in [0, 0.1) is 6.92 Å². The Bertz CT molecular complexity index is 689. The summed E-state index contributed by atoms with van der Waals surface area (Å²) in [6, 6.07) is 12.2. The van der Waals surface area contributed by atoms with Crippen molar-refractivity contribution in [1.82, 2.24) is 20.2 Å². The molecule has 0 saturated carbocycles. The minimum atomic E-state index is 0.0222. The normalized spacial score (nSPS) is 17.3. The molecule has 0 aromatic carbocycles. The average Bonchev–Trinajstić information content (AvgIpc) is 2.65. The third kappa shape index (κ3) is 5.02. The van der Waals surface area contributed by atoms with Gasteiger partial charge in [0, 0.05) is 30.2 Å². The Labute approximate surface area is 149 Å². The molecule has 1 atom stereocenters. The van der Waals surface area contributed by atoms with Crippen LogP contribution >= 0.6 is 0 Å². The second-order valence-electron chi connectivity index (χ2n) is 6.63. The van der Waals surface area contributed by atoms with E-state index in [0.717, 1.165) is 49.3 Å². The Morgan fingerprint density at radius 3 is 2.88 bits per heavy atom. The molecule has 1 aliphatic rings. The molecule has 1 aliphatic heterocycles. The van der Waals surface area contributed by atoms with Gasteiger partial charge in [0.05, 0.1) is 12.2 Å². The molecule has 0 radical (unpaired) electrons. The van der Waals surface area contributed by atoms with Crippen LogP contribution in [0.4, 0.5) is 4.79 Å². The lowest BCUT2D eigenvalue weighted by atomic mass is 9.97. The van der Waals surface area contributed by atoms with Gasteiger partial charge in [-0.05, 0) is 63.3 Å². The fourth-order valence-electron chi connectivity index (χ4n) is 3.39. The van der Waals surface area contributed by atoms with E-state index in [1.165, 1.54) is 6.42 Å². The first-order chi connectivity index (χ1) is 12.2. The number of hydrogen-bond donors (Lipinski definition) is 1. The van der Waals surface area contributed by atoms with Gasteiger partial charge in [-0.2, -0.15) is 0 Å². The van der Waals surface area contributed by atoms with Crippen molar-refractivity contribution in [2.45, 2.75) is 51.6 Å². The summed E-state index contributed by atoms with van der Waals surface area (Å²) in [6.45, 7) is 3.27. The highest BCUT2D eigenvalue weighted by molar-refractivity contribution is 5.74. The average molecular weight is 338 g/mol. The van der Waals surface area contributed by atoms with E-state index in [-0.39, 0.29) is 6.03 Å². The minimum Gasteiger partial charge on any atom is -0.332 e. The number of amides is 2. The van der Waals surface area contributed by atoms with Crippen molar-refractivity contribution >= 4 is 6.03 Å². The Morgan fingerprint density at radius 1 is 1.20 bits per heavy atom. The van der Waals surface area contributed by atoms with Crippen LogP contribution in [0.5, 0.6) is 0 Å². The molecule has 2 aromatic rings. The van der Waals surface area contributed by atoms with Crippen LogP contribution in [0.25, 0.3) is 0 Å². The molecule has 1 unspecified atom stereocenters. The van der Waals surface area contributed by atoms with Crippen LogP contribution in [-0.2, 0) is 13.0 Å². The summed E-state index contributed by atoms with van der Waals surface area (Å²) >= 11 is 0. The fourth-order valence-corrected chi connectivity index (χ4v) is 3.39. The van der Waals surface area contributed by atoms with E-state index in [1.54, 1.807) is 0 Å². The Balaban J connectivity index is 1.55. The third-order valence-electron chi connectivity index (χ3n) is 4.71. The highest BCUT2D eigenvalue weighted by Crippen LogP contribution is 2.21. The molecule has 5 heteroatoms. The molecule has 3 heterocycles. The molecule has 0 spiro atoms. The first-order valence-corrected chi connectivity index (χ1v) is 9.09. The number of pyridine rings is 2. The number of piperidine rings is 1. The molecule has 5 nitrogen and oxygen atoms in total. The number of carbonyl (C=O) groups excluding carboxylic acids is 1. The van der Waals surface area contributed by atoms with Gasteiger partial charge in [-0.3, -0.25) is 9.97 Å². The number of nitrogens with zero attached hydrogens (tertiary/aromatic N) is 3. The summed E-state index contributed by atoms with van der Waals surface area (Å²) < 4.78 is 0. The van der Waals surface area contributed by atoms with Crippen molar-refractivity contribution in [1.29, 1.82) is 0 Å². The minimum absolute atomic E-state index is 0.0222. The number of nitrogens with one attached hydrogen (secondary N) is 1. The van der Waals surface area contributed by atoms with E-state index < -0.39 is 0 Å². The van der Waals surface area contributed by atoms with E-state index in [4.69, 9.17) is 0 Å². The topological polar surface area (TPSA) is 58.1 Å². The van der Waals surface area contributed by atoms with Gasteiger partial charge in [0.15, 0.2) is 0 Å². The van der Waals surface area contributed by atoms with Gasteiger partial charge < -0.3 is 10.2 Å². The van der Waals surface area contributed by atoms with Crippen LogP contribution in [0.2, 0.25) is 0 Å². The predicted octanol–water partition coefficient (Wildman–Crippen LogP) is 3.48. The van der Waals surface area contributed by atoms with Gasteiger partial charge in [-0.15, -0.1) is 0 Å². The van der Waals surface area contributed by atoms with E-state index in [2.05, 4.69) is 21.4 Å². The zero-order valence-corrected chi connectivity index (χ0v) is 14.8. The number of urea groups is 1. The molecular weight excluding hydrogens is 312 g/mol. The molecule has 25 heavy (non-hydrogen) atoms. The number of aromatic nitrogens is 2. The maximum absolute atomic E-state index is 12.6. The molecule has 132 valence electrons. The Morgan fingerprint density at radius 2 is 2.08 bits per heavy atom. The quantitative estimate of drug-likeness (QED) is 0.908. The van der Waals surface area contributed by atoms with E-state index in [0.29, 0.717) is 12.6 Å². The highest BCUT2D eigenvalue weighted by atomic mass is 16.2. The van der Waals surface area contributed by atoms with Gasteiger partial charge >= 0.3 is 6.03 Å². The molecule has 1 N–H and O–H groups in total. The second kappa shape index (κ2) is 8.60. The van der Waals surface area contributed by atoms with E-state index in [1.807, 2.05) is 48.4 Å². The van der Waals surface area contributed by atoms with Crippen LogP contribution < -0.4 is 5.32 Å². The monoisotopic (exact) mass is 338 g/mol. The lowest BCUT2D eigenvalue weighted by molar-refractivity contribution is 0.146. The lowest BCUT2D eigenvalue weighted by Crippen LogP contribution is -2.48. The smallest absolute Gasteiger partial charge is 0.317 e. The largest absolute Gasteiger partial charge is 0.332 e. The summed E-state index contributed by atoms with van der Waals surface area (Å²) in [5, 5.41) is 3.03. The van der Waals surface area contributed by atoms with Crippen LogP contribution in [0.15, 0.2) is 42.6 Å². The standard InChI is InChI=1S/C20H26N4O/c1-16-7-6-9-18(23-16)15-22-20(25)24-14-5-3-10-19(24)12-11-17-8-2-4-13-21-17/h2,4,6-9,13,19H,3,5,10-12,14-15H2,1H3,(H,22,25). The summed E-state index contributed by atoms with van der Waals surface area (Å²) in [6.07, 6.45) is 7.05. The Kier molecular flexibility index (Phi) is 5.99. The first kappa shape index (κ1) is 17.4. The molecular formula is C20H26N4O. The van der Waals surface area contributed by atoms with Crippen molar-refractivity contribution in [3.63, 3.8) is 0 Å². The molecule has 0 aliphatic carbocycles. The van der Waals surface area contributed by atoms with Gasteiger partial charge in [0.25, 0.3) is 0 Å².